The highest BCUT2D eigenvalue weighted by Gasteiger charge is 2.34. The molecular formula is C13H25N. The molecule has 2 aliphatic carbocycles. The summed E-state index contributed by atoms with van der Waals surface area (Å²) in [6.45, 7) is 2.34. The van der Waals surface area contributed by atoms with Crippen molar-refractivity contribution in [2.45, 2.75) is 64.3 Å². The van der Waals surface area contributed by atoms with Gasteiger partial charge in [0.2, 0.25) is 0 Å². The van der Waals surface area contributed by atoms with Crippen molar-refractivity contribution in [2.24, 2.45) is 23.5 Å². The van der Waals surface area contributed by atoms with Gasteiger partial charge in [0, 0.05) is 6.04 Å². The molecule has 82 valence electrons. The Morgan fingerprint density at radius 3 is 2.43 bits per heavy atom. The van der Waals surface area contributed by atoms with Gasteiger partial charge in [-0.15, -0.1) is 0 Å². The minimum atomic E-state index is 0.529. The van der Waals surface area contributed by atoms with Crippen LogP contribution in [0, 0.1) is 17.8 Å². The summed E-state index contributed by atoms with van der Waals surface area (Å²) in [4.78, 5) is 0. The monoisotopic (exact) mass is 195 g/mol. The SMILES string of the molecule is CCC1CCC(N)C(C2CCCC2)C1. The molecule has 0 saturated heterocycles. The van der Waals surface area contributed by atoms with Crippen LogP contribution in [0.5, 0.6) is 0 Å². The zero-order chi connectivity index (χ0) is 9.97. The second kappa shape index (κ2) is 4.65. The quantitative estimate of drug-likeness (QED) is 0.718. The number of hydrogen-bond donors (Lipinski definition) is 1. The van der Waals surface area contributed by atoms with E-state index in [1.807, 2.05) is 0 Å². The van der Waals surface area contributed by atoms with Gasteiger partial charge in [0.25, 0.3) is 0 Å². The summed E-state index contributed by atoms with van der Waals surface area (Å²) >= 11 is 0. The summed E-state index contributed by atoms with van der Waals surface area (Å²) in [5, 5.41) is 0. The van der Waals surface area contributed by atoms with Crippen LogP contribution >= 0.6 is 0 Å². The summed E-state index contributed by atoms with van der Waals surface area (Å²) in [6.07, 6.45) is 11.3. The van der Waals surface area contributed by atoms with Crippen molar-refractivity contribution in [2.75, 3.05) is 0 Å². The van der Waals surface area contributed by atoms with E-state index in [2.05, 4.69) is 6.92 Å². The Kier molecular flexibility index (Phi) is 3.48. The molecule has 2 aliphatic rings. The molecule has 2 N–H and O–H groups in total. The molecule has 2 rings (SSSR count). The van der Waals surface area contributed by atoms with E-state index in [-0.39, 0.29) is 0 Å². The molecule has 14 heavy (non-hydrogen) atoms. The molecule has 0 amide bonds. The van der Waals surface area contributed by atoms with Crippen molar-refractivity contribution in [3.05, 3.63) is 0 Å². The van der Waals surface area contributed by atoms with Crippen molar-refractivity contribution >= 4 is 0 Å². The minimum absolute atomic E-state index is 0.529. The molecule has 0 radical (unpaired) electrons. The predicted octanol–water partition coefficient (Wildman–Crippen LogP) is 3.33. The third-order valence-electron chi connectivity index (χ3n) is 4.65. The Balaban J connectivity index is 1.93. The maximum atomic E-state index is 6.28. The second-order valence-electron chi connectivity index (χ2n) is 5.46. The van der Waals surface area contributed by atoms with Gasteiger partial charge in [0.15, 0.2) is 0 Å². The van der Waals surface area contributed by atoms with E-state index in [1.165, 1.54) is 51.4 Å². The summed E-state index contributed by atoms with van der Waals surface area (Å²) in [6, 6.07) is 0.529. The molecule has 0 spiro atoms. The summed E-state index contributed by atoms with van der Waals surface area (Å²) in [5.41, 5.74) is 6.28. The Morgan fingerprint density at radius 1 is 1.07 bits per heavy atom. The third kappa shape index (κ3) is 2.13. The lowest BCUT2D eigenvalue weighted by Crippen LogP contribution is -2.39. The van der Waals surface area contributed by atoms with Gasteiger partial charge in [0.1, 0.15) is 0 Å². The van der Waals surface area contributed by atoms with Crippen molar-refractivity contribution in [1.82, 2.24) is 0 Å². The average molecular weight is 195 g/mol. The third-order valence-corrected chi connectivity index (χ3v) is 4.65. The van der Waals surface area contributed by atoms with Crippen LogP contribution in [-0.2, 0) is 0 Å². The van der Waals surface area contributed by atoms with Crippen molar-refractivity contribution in [3.8, 4) is 0 Å². The van der Waals surface area contributed by atoms with Gasteiger partial charge in [-0.3, -0.25) is 0 Å². The Labute approximate surface area is 88.4 Å². The fraction of sp³-hybridized carbons (Fsp3) is 1.00. The van der Waals surface area contributed by atoms with Crippen LogP contribution in [0.25, 0.3) is 0 Å². The first kappa shape index (κ1) is 10.5. The van der Waals surface area contributed by atoms with Crippen LogP contribution < -0.4 is 5.73 Å². The van der Waals surface area contributed by atoms with Crippen molar-refractivity contribution in [3.63, 3.8) is 0 Å². The molecule has 3 unspecified atom stereocenters. The molecule has 3 atom stereocenters. The Morgan fingerprint density at radius 2 is 1.79 bits per heavy atom. The van der Waals surface area contributed by atoms with Gasteiger partial charge in [-0.2, -0.15) is 0 Å². The van der Waals surface area contributed by atoms with Crippen LogP contribution in [0.1, 0.15) is 58.3 Å². The largest absolute Gasteiger partial charge is 0.327 e. The van der Waals surface area contributed by atoms with E-state index in [0.717, 1.165) is 17.8 Å². The summed E-state index contributed by atoms with van der Waals surface area (Å²) in [5.74, 6) is 2.84. The molecule has 1 nitrogen and oxygen atoms in total. The van der Waals surface area contributed by atoms with Crippen LogP contribution in [0.4, 0.5) is 0 Å². The van der Waals surface area contributed by atoms with Crippen LogP contribution in [0.2, 0.25) is 0 Å². The average Bonchev–Trinajstić information content (AvgIpc) is 2.71. The molecule has 0 bridgehead atoms. The van der Waals surface area contributed by atoms with Crippen molar-refractivity contribution < 1.29 is 0 Å². The van der Waals surface area contributed by atoms with E-state index in [1.54, 1.807) is 0 Å². The van der Waals surface area contributed by atoms with E-state index >= 15 is 0 Å². The van der Waals surface area contributed by atoms with Crippen LogP contribution in [-0.4, -0.2) is 6.04 Å². The smallest absolute Gasteiger partial charge is 0.00700 e. The zero-order valence-electron chi connectivity index (χ0n) is 9.54. The molecule has 0 aliphatic heterocycles. The molecule has 0 aromatic carbocycles. The lowest BCUT2D eigenvalue weighted by Gasteiger charge is -2.37. The van der Waals surface area contributed by atoms with Gasteiger partial charge in [0.05, 0.1) is 0 Å². The number of nitrogens with two attached hydrogens (primary N) is 1. The van der Waals surface area contributed by atoms with E-state index in [0.29, 0.717) is 6.04 Å². The van der Waals surface area contributed by atoms with Gasteiger partial charge in [-0.05, 0) is 37.0 Å². The van der Waals surface area contributed by atoms with E-state index < -0.39 is 0 Å². The normalized spacial score (nSPS) is 40.3. The first-order chi connectivity index (χ1) is 6.81. The number of rotatable bonds is 2. The highest BCUT2D eigenvalue weighted by atomic mass is 14.7. The first-order valence-corrected chi connectivity index (χ1v) is 6.56. The standard InChI is InChI=1S/C13H25N/c1-2-10-7-8-13(14)12(9-10)11-5-3-4-6-11/h10-13H,2-9,14H2,1H3. The van der Waals surface area contributed by atoms with Gasteiger partial charge in [-0.25, -0.2) is 0 Å². The lowest BCUT2D eigenvalue weighted by molar-refractivity contribution is 0.166. The maximum Gasteiger partial charge on any atom is 0.00700 e. The molecule has 1 heteroatoms. The highest BCUT2D eigenvalue weighted by Crippen LogP contribution is 2.41. The zero-order valence-corrected chi connectivity index (χ0v) is 9.54. The van der Waals surface area contributed by atoms with Crippen molar-refractivity contribution in [1.29, 1.82) is 0 Å². The van der Waals surface area contributed by atoms with E-state index in [9.17, 15) is 0 Å². The summed E-state index contributed by atoms with van der Waals surface area (Å²) < 4.78 is 0. The van der Waals surface area contributed by atoms with E-state index in [4.69, 9.17) is 5.73 Å². The van der Waals surface area contributed by atoms with Crippen LogP contribution in [0.3, 0.4) is 0 Å². The molecule has 2 fully saturated rings. The topological polar surface area (TPSA) is 26.0 Å². The minimum Gasteiger partial charge on any atom is -0.327 e. The second-order valence-corrected chi connectivity index (χ2v) is 5.46. The molecule has 0 aromatic rings. The maximum absolute atomic E-state index is 6.28. The molecule has 2 saturated carbocycles. The molecule has 0 heterocycles. The Bertz CT molecular complexity index is 172. The van der Waals surface area contributed by atoms with Gasteiger partial charge in [-0.1, -0.05) is 39.0 Å². The van der Waals surface area contributed by atoms with Gasteiger partial charge < -0.3 is 5.73 Å². The first-order valence-electron chi connectivity index (χ1n) is 6.56. The summed E-state index contributed by atoms with van der Waals surface area (Å²) in [7, 11) is 0. The predicted molar refractivity (Wildman–Crippen MR) is 61.1 cm³/mol. The fourth-order valence-corrected chi connectivity index (χ4v) is 3.62. The number of hydrogen-bond acceptors (Lipinski definition) is 1. The lowest BCUT2D eigenvalue weighted by atomic mass is 9.71. The fourth-order valence-electron chi connectivity index (χ4n) is 3.62. The molecule has 0 aromatic heterocycles. The van der Waals surface area contributed by atoms with Gasteiger partial charge >= 0.3 is 0 Å². The molecular weight excluding hydrogens is 170 g/mol. The van der Waals surface area contributed by atoms with Crippen LogP contribution in [0.15, 0.2) is 0 Å². The Hall–Kier alpha value is -0.0400. The highest BCUT2D eigenvalue weighted by molar-refractivity contribution is 4.88.